The lowest BCUT2D eigenvalue weighted by atomic mass is 9.74. The number of hydrogen-bond donors (Lipinski definition) is 0. The number of aldehydes is 1. The molecule has 0 spiro atoms. The monoisotopic (exact) mass is 455 g/mol. The van der Waals surface area contributed by atoms with Crippen molar-refractivity contribution in [3.63, 3.8) is 0 Å². The van der Waals surface area contributed by atoms with Gasteiger partial charge in [-0.1, -0.05) is 0 Å². The molecule has 3 aromatic rings. The summed E-state index contributed by atoms with van der Waals surface area (Å²) in [5.41, 5.74) is 0.627. The zero-order valence-corrected chi connectivity index (χ0v) is 18.9. The summed E-state index contributed by atoms with van der Waals surface area (Å²) in [5.74, 6) is 0.548. The number of benzene rings is 1. The zero-order valence-electron chi connectivity index (χ0n) is 18.0. The Morgan fingerprint density at radius 3 is 2.78 bits per heavy atom. The minimum Gasteiger partial charge on any atom is -0.378 e. The second kappa shape index (κ2) is 8.71. The smallest absolute Gasteiger partial charge is 0.147 e. The van der Waals surface area contributed by atoms with Crippen LogP contribution in [0.4, 0.5) is 15.9 Å². The molecule has 4 heterocycles. The first-order chi connectivity index (χ1) is 15.6. The summed E-state index contributed by atoms with van der Waals surface area (Å²) >= 11 is 1.52. The molecule has 2 fully saturated rings. The molecule has 1 aromatic carbocycles. The standard InChI is InChI=1S/C23H26FN5O2S/c1-23(14-30,22-25-4-10-32-22)16-3-2-5-29(13-16)21-17-11-18(24)20(12-19(17)26-15-27-21)28-6-8-31-9-7-28/h4,10-12,14-16H,2-3,5-9,13H2,1H3. The number of thiazole rings is 1. The Bertz CT molecular complexity index is 1110. The second-order valence-corrected chi connectivity index (χ2v) is 9.53. The number of rotatable bonds is 5. The molecule has 9 heteroatoms. The van der Waals surface area contributed by atoms with Crippen molar-refractivity contribution in [3.8, 4) is 0 Å². The van der Waals surface area contributed by atoms with Crippen molar-refractivity contribution in [2.75, 3.05) is 49.2 Å². The van der Waals surface area contributed by atoms with Crippen LogP contribution in [-0.4, -0.2) is 60.6 Å². The van der Waals surface area contributed by atoms with E-state index in [0.717, 1.165) is 42.0 Å². The van der Waals surface area contributed by atoms with Crippen LogP contribution in [-0.2, 0) is 14.9 Å². The van der Waals surface area contributed by atoms with Crippen LogP contribution in [0.5, 0.6) is 0 Å². The number of carbonyl (C=O) groups excluding carboxylic acids is 1. The highest BCUT2D eigenvalue weighted by atomic mass is 32.1. The van der Waals surface area contributed by atoms with Crippen molar-refractivity contribution in [3.05, 3.63) is 40.9 Å². The number of piperidine rings is 1. The van der Waals surface area contributed by atoms with Gasteiger partial charge in [0, 0.05) is 43.1 Å². The molecule has 5 rings (SSSR count). The lowest BCUT2D eigenvalue weighted by Gasteiger charge is -2.40. The lowest BCUT2D eigenvalue weighted by molar-refractivity contribution is -0.114. The molecule has 0 amide bonds. The fourth-order valence-electron chi connectivity index (χ4n) is 4.82. The van der Waals surface area contributed by atoms with Crippen LogP contribution in [0.3, 0.4) is 0 Å². The van der Waals surface area contributed by atoms with Crippen LogP contribution in [0.1, 0.15) is 24.8 Å². The van der Waals surface area contributed by atoms with Crippen molar-refractivity contribution in [1.29, 1.82) is 0 Å². The van der Waals surface area contributed by atoms with Gasteiger partial charge in [-0.25, -0.2) is 19.3 Å². The highest BCUT2D eigenvalue weighted by Gasteiger charge is 2.41. The molecule has 0 N–H and O–H groups in total. The molecule has 2 atom stereocenters. The van der Waals surface area contributed by atoms with E-state index in [9.17, 15) is 4.79 Å². The number of halogens is 1. The quantitative estimate of drug-likeness (QED) is 0.546. The molecule has 0 aliphatic carbocycles. The van der Waals surface area contributed by atoms with E-state index in [2.05, 4.69) is 19.9 Å². The molecule has 2 aromatic heterocycles. The number of hydrogen-bond acceptors (Lipinski definition) is 8. The highest BCUT2D eigenvalue weighted by Crippen LogP contribution is 2.39. The average Bonchev–Trinajstić information content (AvgIpc) is 3.39. The highest BCUT2D eigenvalue weighted by molar-refractivity contribution is 7.09. The molecule has 2 unspecified atom stereocenters. The molecular formula is C23H26FN5O2S. The maximum Gasteiger partial charge on any atom is 0.147 e. The van der Waals surface area contributed by atoms with Gasteiger partial charge in [-0.15, -0.1) is 11.3 Å². The lowest BCUT2D eigenvalue weighted by Crippen LogP contribution is -2.46. The van der Waals surface area contributed by atoms with Gasteiger partial charge in [0.2, 0.25) is 0 Å². The van der Waals surface area contributed by atoms with Gasteiger partial charge >= 0.3 is 0 Å². The summed E-state index contributed by atoms with van der Waals surface area (Å²) in [6.07, 6.45) is 6.19. The average molecular weight is 456 g/mol. The van der Waals surface area contributed by atoms with E-state index in [4.69, 9.17) is 4.74 Å². The maximum absolute atomic E-state index is 15.1. The number of aromatic nitrogens is 3. The minimum atomic E-state index is -0.648. The third-order valence-electron chi connectivity index (χ3n) is 6.74. The SMILES string of the molecule is CC(C=O)(c1nccs1)C1CCCN(c2ncnc3cc(N4CCOCC4)c(F)cc23)C1. The summed E-state index contributed by atoms with van der Waals surface area (Å²) in [4.78, 5) is 29.7. The number of carbonyl (C=O) groups is 1. The third kappa shape index (κ3) is 3.73. The first-order valence-corrected chi connectivity index (χ1v) is 11.9. The van der Waals surface area contributed by atoms with E-state index in [1.54, 1.807) is 18.6 Å². The number of fused-ring (bicyclic) bond motifs is 1. The minimum absolute atomic E-state index is 0.0994. The van der Waals surface area contributed by atoms with E-state index >= 15 is 4.39 Å². The van der Waals surface area contributed by atoms with Gasteiger partial charge < -0.3 is 19.3 Å². The molecule has 2 aliphatic rings. The molecule has 32 heavy (non-hydrogen) atoms. The largest absolute Gasteiger partial charge is 0.378 e. The summed E-state index contributed by atoms with van der Waals surface area (Å²) in [5, 5.41) is 3.45. The summed E-state index contributed by atoms with van der Waals surface area (Å²) < 4.78 is 20.5. The van der Waals surface area contributed by atoms with Crippen LogP contribution < -0.4 is 9.80 Å². The number of nitrogens with zero attached hydrogens (tertiary/aromatic N) is 5. The predicted octanol–water partition coefficient (Wildman–Crippen LogP) is 3.44. The molecular weight excluding hydrogens is 429 g/mol. The maximum atomic E-state index is 15.1. The fourth-order valence-corrected chi connectivity index (χ4v) is 5.66. The van der Waals surface area contributed by atoms with E-state index in [1.807, 2.05) is 23.3 Å². The van der Waals surface area contributed by atoms with Crippen LogP contribution in [0.2, 0.25) is 0 Å². The van der Waals surface area contributed by atoms with Crippen LogP contribution in [0.15, 0.2) is 30.0 Å². The summed E-state index contributed by atoms with van der Waals surface area (Å²) in [6.45, 7) is 5.95. The number of anilines is 2. The predicted molar refractivity (Wildman–Crippen MR) is 123 cm³/mol. The van der Waals surface area contributed by atoms with E-state index in [0.29, 0.717) is 43.9 Å². The third-order valence-corrected chi connectivity index (χ3v) is 7.77. The Morgan fingerprint density at radius 1 is 1.19 bits per heavy atom. The van der Waals surface area contributed by atoms with Crippen LogP contribution in [0.25, 0.3) is 10.9 Å². The van der Waals surface area contributed by atoms with E-state index < -0.39 is 5.41 Å². The molecule has 2 saturated heterocycles. The molecule has 168 valence electrons. The van der Waals surface area contributed by atoms with Crippen molar-refractivity contribution in [2.24, 2.45) is 5.92 Å². The molecule has 7 nitrogen and oxygen atoms in total. The van der Waals surface area contributed by atoms with Gasteiger partial charge in [0.25, 0.3) is 0 Å². The van der Waals surface area contributed by atoms with Gasteiger partial charge in [-0.3, -0.25) is 0 Å². The summed E-state index contributed by atoms with van der Waals surface area (Å²) in [6, 6.07) is 3.37. The summed E-state index contributed by atoms with van der Waals surface area (Å²) in [7, 11) is 0. The van der Waals surface area contributed by atoms with Gasteiger partial charge in [-0.05, 0) is 37.8 Å². The zero-order chi connectivity index (χ0) is 22.1. The Labute approximate surface area is 190 Å². The molecule has 2 aliphatic heterocycles. The van der Waals surface area contributed by atoms with Crippen molar-refractivity contribution in [1.82, 2.24) is 15.0 Å². The van der Waals surface area contributed by atoms with Crippen LogP contribution >= 0.6 is 11.3 Å². The fraction of sp³-hybridized carbons (Fsp3) is 0.478. The van der Waals surface area contributed by atoms with Gasteiger partial charge in [0.1, 0.15) is 29.3 Å². The normalized spacial score (nSPS) is 21.5. The van der Waals surface area contributed by atoms with Crippen LogP contribution in [0, 0.1) is 11.7 Å². The Morgan fingerprint density at radius 2 is 2.03 bits per heavy atom. The Balaban J connectivity index is 1.47. The molecule has 0 radical (unpaired) electrons. The Kier molecular flexibility index (Phi) is 5.77. The van der Waals surface area contributed by atoms with Gasteiger partial charge in [-0.2, -0.15) is 0 Å². The van der Waals surface area contributed by atoms with Gasteiger partial charge in [0.15, 0.2) is 0 Å². The second-order valence-electron chi connectivity index (χ2n) is 8.64. The number of ether oxygens (including phenoxy) is 1. The van der Waals surface area contributed by atoms with Crippen molar-refractivity contribution >= 4 is 40.0 Å². The van der Waals surface area contributed by atoms with Crippen molar-refractivity contribution < 1.29 is 13.9 Å². The first kappa shape index (κ1) is 21.2. The molecule has 0 saturated carbocycles. The first-order valence-electron chi connectivity index (χ1n) is 11.0. The number of morpholine rings is 1. The van der Waals surface area contributed by atoms with E-state index in [1.165, 1.54) is 11.3 Å². The molecule has 0 bridgehead atoms. The Hall–Kier alpha value is -2.65. The van der Waals surface area contributed by atoms with E-state index in [-0.39, 0.29) is 11.7 Å². The topological polar surface area (TPSA) is 71.5 Å². The van der Waals surface area contributed by atoms with Gasteiger partial charge in [0.05, 0.1) is 29.8 Å². The van der Waals surface area contributed by atoms with Crippen molar-refractivity contribution in [2.45, 2.75) is 25.2 Å².